The number of rotatable bonds is 3. The molecule has 0 aliphatic carbocycles. The minimum absolute atomic E-state index is 0. The lowest BCUT2D eigenvalue weighted by atomic mass is 10.1. The Labute approximate surface area is 113 Å². The normalized spacial score (nSPS) is 18.8. The molecule has 0 aromatic heterocycles. The molecule has 0 radical (unpaired) electrons. The fourth-order valence-electron chi connectivity index (χ4n) is 2.09. The number of hydrogen-bond acceptors (Lipinski definition) is 2. The van der Waals surface area contributed by atoms with Crippen molar-refractivity contribution in [1.29, 1.82) is 0 Å². The lowest BCUT2D eigenvalue weighted by molar-refractivity contribution is -0.121. The molecular formula is C13H18ClFN2O. The molecule has 1 heterocycles. The fourth-order valence-corrected chi connectivity index (χ4v) is 2.09. The van der Waals surface area contributed by atoms with Gasteiger partial charge in [-0.05, 0) is 37.1 Å². The quantitative estimate of drug-likeness (QED) is 0.879. The third kappa shape index (κ3) is 4.63. The lowest BCUT2D eigenvalue weighted by Crippen LogP contribution is -2.46. The summed E-state index contributed by atoms with van der Waals surface area (Å²) < 4.78 is 12.9. The monoisotopic (exact) mass is 272 g/mol. The van der Waals surface area contributed by atoms with Crippen LogP contribution in [0.25, 0.3) is 0 Å². The van der Waals surface area contributed by atoms with Gasteiger partial charge in [-0.2, -0.15) is 0 Å². The Kier molecular flexibility index (Phi) is 6.09. The maximum absolute atomic E-state index is 12.9. The average molecular weight is 273 g/mol. The van der Waals surface area contributed by atoms with Gasteiger partial charge in [0.15, 0.2) is 0 Å². The summed E-state index contributed by atoms with van der Waals surface area (Å²) in [5, 5.41) is 6.20. The zero-order valence-corrected chi connectivity index (χ0v) is 10.9. The fraction of sp³-hybridized carbons (Fsp3) is 0.462. The first-order valence-corrected chi connectivity index (χ1v) is 5.98. The highest BCUT2D eigenvalue weighted by atomic mass is 35.5. The molecule has 1 atom stereocenters. The van der Waals surface area contributed by atoms with Crippen molar-refractivity contribution in [2.45, 2.75) is 25.3 Å². The highest BCUT2D eigenvalue weighted by Crippen LogP contribution is 2.06. The van der Waals surface area contributed by atoms with Gasteiger partial charge in [-0.15, -0.1) is 12.4 Å². The Morgan fingerprint density at radius 1 is 1.50 bits per heavy atom. The van der Waals surface area contributed by atoms with E-state index >= 15 is 0 Å². The molecule has 0 unspecified atom stereocenters. The molecule has 1 aromatic carbocycles. The SMILES string of the molecule is Cl.O=C(Cc1cccc(F)c1)N[C@@H]1CCCNC1. The highest BCUT2D eigenvalue weighted by molar-refractivity contribution is 5.85. The number of carbonyl (C=O) groups excluding carboxylic acids is 1. The van der Waals surface area contributed by atoms with Gasteiger partial charge in [0.05, 0.1) is 6.42 Å². The summed E-state index contributed by atoms with van der Waals surface area (Å²) in [6, 6.07) is 6.39. The standard InChI is InChI=1S/C13H17FN2O.ClH/c14-11-4-1-3-10(7-11)8-13(17)16-12-5-2-6-15-9-12;/h1,3-4,7,12,15H,2,5-6,8-9H2,(H,16,17);1H/t12-;/m1./s1. The molecule has 5 heteroatoms. The number of benzene rings is 1. The third-order valence-electron chi connectivity index (χ3n) is 2.92. The smallest absolute Gasteiger partial charge is 0.224 e. The first-order valence-electron chi connectivity index (χ1n) is 5.98. The summed E-state index contributed by atoms with van der Waals surface area (Å²) in [6.07, 6.45) is 2.35. The van der Waals surface area contributed by atoms with E-state index in [1.165, 1.54) is 12.1 Å². The van der Waals surface area contributed by atoms with Crippen molar-refractivity contribution < 1.29 is 9.18 Å². The molecule has 100 valence electrons. The number of hydrogen-bond donors (Lipinski definition) is 2. The van der Waals surface area contributed by atoms with Crippen LogP contribution in [-0.4, -0.2) is 25.0 Å². The summed E-state index contributed by atoms with van der Waals surface area (Å²) in [5.74, 6) is -0.334. The van der Waals surface area contributed by atoms with Crippen LogP contribution >= 0.6 is 12.4 Å². The largest absolute Gasteiger partial charge is 0.352 e. The van der Waals surface area contributed by atoms with E-state index in [1.54, 1.807) is 12.1 Å². The van der Waals surface area contributed by atoms with Gasteiger partial charge in [0, 0.05) is 12.6 Å². The molecule has 1 aliphatic rings. The number of piperidine rings is 1. The Bertz CT molecular complexity index is 394. The van der Waals surface area contributed by atoms with Crippen LogP contribution in [0.1, 0.15) is 18.4 Å². The molecule has 0 saturated carbocycles. The van der Waals surface area contributed by atoms with Gasteiger partial charge in [0.2, 0.25) is 5.91 Å². The van der Waals surface area contributed by atoms with Crippen LogP contribution in [0.3, 0.4) is 0 Å². The van der Waals surface area contributed by atoms with E-state index in [1.807, 2.05) is 0 Å². The van der Waals surface area contributed by atoms with E-state index in [-0.39, 0.29) is 36.6 Å². The van der Waals surface area contributed by atoms with Gasteiger partial charge in [-0.25, -0.2) is 4.39 Å². The van der Waals surface area contributed by atoms with Crippen molar-refractivity contribution in [3.63, 3.8) is 0 Å². The summed E-state index contributed by atoms with van der Waals surface area (Å²) in [7, 11) is 0. The summed E-state index contributed by atoms with van der Waals surface area (Å²) in [4.78, 5) is 11.7. The van der Waals surface area contributed by atoms with Gasteiger partial charge >= 0.3 is 0 Å². The van der Waals surface area contributed by atoms with E-state index in [2.05, 4.69) is 10.6 Å². The molecule has 18 heavy (non-hydrogen) atoms. The van der Waals surface area contributed by atoms with E-state index in [0.717, 1.165) is 25.9 Å². The summed E-state index contributed by atoms with van der Waals surface area (Å²) in [5.41, 5.74) is 0.714. The van der Waals surface area contributed by atoms with Crippen LogP contribution in [-0.2, 0) is 11.2 Å². The van der Waals surface area contributed by atoms with Crippen LogP contribution in [0.4, 0.5) is 4.39 Å². The van der Waals surface area contributed by atoms with Crippen molar-refractivity contribution in [2.24, 2.45) is 0 Å². The van der Waals surface area contributed by atoms with Crippen LogP contribution in [0, 0.1) is 5.82 Å². The van der Waals surface area contributed by atoms with E-state index in [0.29, 0.717) is 5.56 Å². The van der Waals surface area contributed by atoms with Crippen molar-refractivity contribution >= 4 is 18.3 Å². The molecule has 3 nitrogen and oxygen atoms in total. The first-order chi connectivity index (χ1) is 8.24. The topological polar surface area (TPSA) is 41.1 Å². The van der Waals surface area contributed by atoms with E-state index in [4.69, 9.17) is 0 Å². The molecule has 0 bridgehead atoms. The Morgan fingerprint density at radius 3 is 3.00 bits per heavy atom. The highest BCUT2D eigenvalue weighted by Gasteiger charge is 2.15. The lowest BCUT2D eigenvalue weighted by Gasteiger charge is -2.23. The number of halogens is 2. The number of carbonyl (C=O) groups is 1. The van der Waals surface area contributed by atoms with Crippen LogP contribution in [0.15, 0.2) is 24.3 Å². The minimum Gasteiger partial charge on any atom is -0.352 e. The second-order valence-electron chi connectivity index (χ2n) is 4.42. The Hall–Kier alpha value is -1.13. The van der Waals surface area contributed by atoms with Gasteiger partial charge in [-0.1, -0.05) is 12.1 Å². The molecule has 2 N–H and O–H groups in total. The van der Waals surface area contributed by atoms with Gasteiger partial charge in [-0.3, -0.25) is 4.79 Å². The molecule has 1 amide bonds. The molecule has 1 aliphatic heterocycles. The second-order valence-corrected chi connectivity index (χ2v) is 4.42. The van der Waals surface area contributed by atoms with Crippen LogP contribution < -0.4 is 10.6 Å². The zero-order valence-electron chi connectivity index (χ0n) is 10.1. The first kappa shape index (κ1) is 14.9. The molecular weight excluding hydrogens is 255 g/mol. The van der Waals surface area contributed by atoms with Crippen molar-refractivity contribution in [1.82, 2.24) is 10.6 Å². The average Bonchev–Trinajstić information content (AvgIpc) is 2.30. The zero-order chi connectivity index (χ0) is 12.1. The molecule has 1 aromatic rings. The summed E-state index contributed by atoms with van der Waals surface area (Å²) >= 11 is 0. The molecule has 1 fully saturated rings. The van der Waals surface area contributed by atoms with Crippen LogP contribution in [0.5, 0.6) is 0 Å². The van der Waals surface area contributed by atoms with E-state index < -0.39 is 0 Å². The van der Waals surface area contributed by atoms with Crippen LogP contribution in [0.2, 0.25) is 0 Å². The summed E-state index contributed by atoms with van der Waals surface area (Å²) in [6.45, 7) is 1.85. The number of amides is 1. The maximum atomic E-state index is 12.9. The molecule has 1 saturated heterocycles. The molecule has 2 rings (SSSR count). The number of nitrogens with one attached hydrogen (secondary N) is 2. The predicted molar refractivity (Wildman–Crippen MR) is 71.4 cm³/mol. The van der Waals surface area contributed by atoms with Gasteiger partial charge in [0.1, 0.15) is 5.82 Å². The van der Waals surface area contributed by atoms with Crippen molar-refractivity contribution in [2.75, 3.05) is 13.1 Å². The van der Waals surface area contributed by atoms with Gasteiger partial charge < -0.3 is 10.6 Å². The third-order valence-corrected chi connectivity index (χ3v) is 2.92. The Morgan fingerprint density at radius 2 is 2.33 bits per heavy atom. The molecule has 0 spiro atoms. The van der Waals surface area contributed by atoms with Crippen molar-refractivity contribution in [3.8, 4) is 0 Å². The maximum Gasteiger partial charge on any atom is 0.224 e. The second kappa shape index (κ2) is 7.34. The predicted octanol–water partition coefficient (Wildman–Crippen LogP) is 1.66. The minimum atomic E-state index is -0.297. The van der Waals surface area contributed by atoms with Gasteiger partial charge in [0.25, 0.3) is 0 Å². The Balaban J connectivity index is 0.00000162. The van der Waals surface area contributed by atoms with E-state index in [9.17, 15) is 9.18 Å². The van der Waals surface area contributed by atoms with Crippen molar-refractivity contribution in [3.05, 3.63) is 35.6 Å².